The van der Waals surface area contributed by atoms with Crippen LogP contribution in [0.4, 0.5) is 0 Å². The maximum Gasteiger partial charge on any atom is 0.248 e. The normalized spacial score (nSPS) is 10.8. The summed E-state index contributed by atoms with van der Waals surface area (Å²) in [6.07, 6.45) is 8.28. The van der Waals surface area contributed by atoms with Crippen molar-refractivity contribution in [3.63, 3.8) is 0 Å². The van der Waals surface area contributed by atoms with Crippen molar-refractivity contribution >= 4 is 17.4 Å². The molecule has 0 bridgehead atoms. The van der Waals surface area contributed by atoms with Crippen molar-refractivity contribution in [1.82, 2.24) is 24.1 Å². The van der Waals surface area contributed by atoms with Gasteiger partial charge < -0.3 is 9.13 Å². The Labute approximate surface area is 154 Å². The number of hydrogen-bond acceptors (Lipinski definition) is 4. The minimum Gasteiger partial charge on any atom is -0.331 e. The molecule has 1 aromatic carbocycles. The largest absolute Gasteiger partial charge is 0.331 e. The van der Waals surface area contributed by atoms with Crippen molar-refractivity contribution in [3.8, 4) is 16.8 Å². The van der Waals surface area contributed by atoms with Crippen molar-refractivity contribution in [2.24, 2.45) is 7.05 Å². The molecule has 0 N–H and O–H groups in total. The molecule has 3 heterocycles. The molecule has 26 heavy (non-hydrogen) atoms. The first-order chi connectivity index (χ1) is 12.6. The second-order valence-corrected chi connectivity index (χ2v) is 6.11. The number of hydrogen-bond donors (Lipinski definition) is 0. The van der Waals surface area contributed by atoms with E-state index in [4.69, 9.17) is 11.6 Å². The van der Waals surface area contributed by atoms with Crippen LogP contribution in [-0.2, 0) is 7.05 Å². The van der Waals surface area contributed by atoms with Gasteiger partial charge in [-0.15, -0.1) is 0 Å². The summed E-state index contributed by atoms with van der Waals surface area (Å²) in [4.78, 5) is 24.9. The second kappa shape index (κ2) is 6.57. The molecule has 0 atom stereocenters. The molecule has 7 heteroatoms. The van der Waals surface area contributed by atoms with Gasteiger partial charge in [-0.2, -0.15) is 0 Å². The summed E-state index contributed by atoms with van der Waals surface area (Å²) in [5.41, 5.74) is 2.99. The van der Waals surface area contributed by atoms with Gasteiger partial charge in [-0.3, -0.25) is 4.79 Å². The van der Waals surface area contributed by atoms with Crippen molar-refractivity contribution in [2.75, 3.05) is 0 Å². The zero-order chi connectivity index (χ0) is 18.1. The summed E-state index contributed by atoms with van der Waals surface area (Å²) >= 11 is 6.19. The van der Waals surface area contributed by atoms with Crippen molar-refractivity contribution in [1.29, 1.82) is 0 Å². The molecule has 0 fully saturated rings. The predicted octanol–water partition coefficient (Wildman–Crippen LogP) is 3.55. The Morgan fingerprint density at radius 3 is 2.73 bits per heavy atom. The fraction of sp³-hybridized carbons (Fsp3) is 0.0526. The third-order valence-electron chi connectivity index (χ3n) is 4.05. The Balaban J connectivity index is 1.68. The van der Waals surface area contributed by atoms with Crippen molar-refractivity contribution in [2.45, 2.75) is 0 Å². The monoisotopic (exact) mass is 363 g/mol. The Morgan fingerprint density at radius 1 is 1.08 bits per heavy atom. The van der Waals surface area contributed by atoms with Gasteiger partial charge in [-0.05, 0) is 29.8 Å². The number of benzene rings is 1. The van der Waals surface area contributed by atoms with Crippen LogP contribution in [0, 0.1) is 0 Å². The predicted molar refractivity (Wildman–Crippen MR) is 98.4 cm³/mol. The van der Waals surface area contributed by atoms with Gasteiger partial charge in [0.2, 0.25) is 5.78 Å². The van der Waals surface area contributed by atoms with Crippen LogP contribution < -0.4 is 0 Å². The molecular weight excluding hydrogens is 350 g/mol. The lowest BCUT2D eigenvalue weighted by Crippen LogP contribution is -2.08. The Hall–Kier alpha value is -3.25. The Kier molecular flexibility index (Phi) is 4.10. The zero-order valence-corrected chi connectivity index (χ0v) is 14.6. The number of rotatable bonds is 4. The molecule has 0 aliphatic heterocycles. The molecule has 4 rings (SSSR count). The fourth-order valence-corrected chi connectivity index (χ4v) is 2.94. The van der Waals surface area contributed by atoms with Crippen LogP contribution in [0.1, 0.15) is 16.3 Å². The summed E-state index contributed by atoms with van der Waals surface area (Å²) in [5, 5.41) is 0.445. The first kappa shape index (κ1) is 16.2. The summed E-state index contributed by atoms with van der Waals surface area (Å²) in [6.45, 7) is 0. The zero-order valence-electron chi connectivity index (χ0n) is 13.9. The number of pyridine rings is 1. The maximum atomic E-state index is 12.5. The van der Waals surface area contributed by atoms with Gasteiger partial charge in [0, 0.05) is 43.1 Å². The van der Waals surface area contributed by atoms with Crippen molar-refractivity contribution < 1.29 is 4.79 Å². The van der Waals surface area contributed by atoms with Gasteiger partial charge in [0.1, 0.15) is 17.2 Å². The molecular formula is C19H14ClN5O. The lowest BCUT2D eigenvalue weighted by molar-refractivity contribution is 0.102. The molecule has 0 unspecified atom stereocenters. The number of aromatic nitrogens is 5. The van der Waals surface area contributed by atoms with E-state index >= 15 is 0 Å². The van der Waals surface area contributed by atoms with E-state index in [1.54, 1.807) is 47.3 Å². The van der Waals surface area contributed by atoms with Gasteiger partial charge in [0.15, 0.2) is 5.82 Å². The molecule has 0 saturated carbocycles. The van der Waals surface area contributed by atoms with E-state index in [0.717, 1.165) is 16.8 Å². The van der Waals surface area contributed by atoms with E-state index < -0.39 is 0 Å². The molecule has 6 nitrogen and oxygen atoms in total. The van der Waals surface area contributed by atoms with Crippen LogP contribution in [0.3, 0.4) is 0 Å². The third-order valence-corrected chi connectivity index (χ3v) is 4.36. The average Bonchev–Trinajstić information content (AvgIpc) is 3.31. The summed E-state index contributed by atoms with van der Waals surface area (Å²) in [7, 11) is 1.78. The minimum absolute atomic E-state index is 0.220. The van der Waals surface area contributed by atoms with Gasteiger partial charge in [0.05, 0.1) is 0 Å². The van der Waals surface area contributed by atoms with Crippen LogP contribution >= 0.6 is 11.6 Å². The molecule has 0 aliphatic rings. The summed E-state index contributed by atoms with van der Waals surface area (Å²) < 4.78 is 3.47. The Bertz CT molecular complexity index is 1100. The second-order valence-electron chi connectivity index (χ2n) is 5.75. The van der Waals surface area contributed by atoms with Crippen LogP contribution in [0.15, 0.2) is 67.5 Å². The number of imidazole rings is 2. The highest BCUT2D eigenvalue weighted by molar-refractivity contribution is 6.32. The van der Waals surface area contributed by atoms with Gasteiger partial charge >= 0.3 is 0 Å². The molecule has 0 aliphatic carbocycles. The molecule has 0 spiro atoms. The number of nitrogens with zero attached hydrogens (tertiary/aromatic N) is 5. The lowest BCUT2D eigenvalue weighted by Gasteiger charge is -2.07. The smallest absolute Gasteiger partial charge is 0.248 e. The highest BCUT2D eigenvalue weighted by Crippen LogP contribution is 2.27. The van der Waals surface area contributed by atoms with E-state index in [0.29, 0.717) is 16.7 Å². The van der Waals surface area contributed by atoms with E-state index in [-0.39, 0.29) is 5.78 Å². The lowest BCUT2D eigenvalue weighted by atomic mass is 10.1. The SMILES string of the molecule is Cn1ccnc1C(=O)c1cn(-c2cccc(-c3cccnc3Cl)c2)cn1. The first-order valence-corrected chi connectivity index (χ1v) is 8.28. The number of carbonyl (C=O) groups excluding carboxylic acids is 1. The molecule has 0 saturated heterocycles. The topological polar surface area (TPSA) is 65.6 Å². The van der Waals surface area contributed by atoms with E-state index in [2.05, 4.69) is 15.0 Å². The van der Waals surface area contributed by atoms with E-state index in [1.807, 2.05) is 36.4 Å². The highest BCUT2D eigenvalue weighted by Gasteiger charge is 2.17. The highest BCUT2D eigenvalue weighted by atomic mass is 35.5. The Morgan fingerprint density at radius 2 is 1.96 bits per heavy atom. The number of halogens is 1. The van der Waals surface area contributed by atoms with E-state index in [1.165, 1.54) is 0 Å². The molecule has 0 radical (unpaired) electrons. The van der Waals surface area contributed by atoms with Crippen LogP contribution in [0.25, 0.3) is 16.8 Å². The average molecular weight is 364 g/mol. The quantitative estimate of drug-likeness (QED) is 0.411. The van der Waals surface area contributed by atoms with E-state index in [9.17, 15) is 4.79 Å². The minimum atomic E-state index is -0.220. The number of aryl methyl sites for hydroxylation is 1. The first-order valence-electron chi connectivity index (χ1n) is 7.91. The summed E-state index contributed by atoms with van der Waals surface area (Å²) in [6, 6.07) is 11.6. The maximum absolute atomic E-state index is 12.5. The summed E-state index contributed by atoms with van der Waals surface area (Å²) in [5.74, 6) is 0.133. The number of carbonyl (C=O) groups is 1. The van der Waals surface area contributed by atoms with Gasteiger partial charge in [-0.25, -0.2) is 15.0 Å². The van der Waals surface area contributed by atoms with Gasteiger partial charge in [-0.1, -0.05) is 23.7 Å². The van der Waals surface area contributed by atoms with Crippen LogP contribution in [0.5, 0.6) is 0 Å². The molecule has 128 valence electrons. The van der Waals surface area contributed by atoms with Crippen LogP contribution in [-0.4, -0.2) is 29.9 Å². The molecule has 3 aromatic heterocycles. The number of ketones is 1. The van der Waals surface area contributed by atoms with Gasteiger partial charge in [0.25, 0.3) is 0 Å². The standard InChI is InChI=1S/C19H14ClN5O/c1-24-9-8-22-19(24)17(26)16-11-25(12-23-16)14-5-2-4-13(10-14)15-6-3-7-21-18(15)20/h2-12H,1H3. The fourth-order valence-electron chi connectivity index (χ4n) is 2.72. The van der Waals surface area contributed by atoms with Crippen LogP contribution in [0.2, 0.25) is 5.15 Å². The molecule has 4 aromatic rings. The third kappa shape index (κ3) is 2.91. The van der Waals surface area contributed by atoms with Crippen molar-refractivity contribution in [3.05, 3.63) is 84.2 Å². The molecule has 0 amide bonds.